The maximum atomic E-state index is 13.0. The number of aromatic nitrogens is 1. The number of nitrogens with zero attached hydrogens (tertiary/aromatic N) is 1. The summed E-state index contributed by atoms with van der Waals surface area (Å²) in [5.74, 6) is -0.899. The van der Waals surface area contributed by atoms with Crippen LogP contribution in [0.2, 0.25) is 0 Å². The van der Waals surface area contributed by atoms with Crippen LogP contribution in [0.4, 0.5) is 17.6 Å². The number of fused-ring (bicyclic) bond motifs is 1. The number of amides is 1. The molecule has 3 aromatic rings. The SMILES string of the molecule is CCOc1nc2cc(C(F)(F)F)ccc2c(C)c1C(=O)NCc1ccc(F)cc1. The van der Waals surface area contributed by atoms with E-state index in [1.165, 1.54) is 18.2 Å². The smallest absolute Gasteiger partial charge is 0.416 e. The molecule has 0 saturated heterocycles. The third-order valence-electron chi connectivity index (χ3n) is 4.41. The molecule has 0 spiro atoms. The standard InChI is InChI=1S/C21H18F4N2O2/c1-3-29-20-18(19(28)26-11-13-4-7-15(22)8-5-13)12(2)16-9-6-14(21(23,24)25)10-17(16)27-20/h4-10H,3,11H2,1-2H3,(H,26,28). The number of pyridine rings is 1. The van der Waals surface area contributed by atoms with Gasteiger partial charge >= 0.3 is 6.18 Å². The Morgan fingerprint density at radius 2 is 1.83 bits per heavy atom. The molecule has 29 heavy (non-hydrogen) atoms. The summed E-state index contributed by atoms with van der Waals surface area (Å²) in [4.78, 5) is 16.9. The third kappa shape index (κ3) is 4.47. The van der Waals surface area contributed by atoms with Crippen LogP contribution in [0.3, 0.4) is 0 Å². The lowest BCUT2D eigenvalue weighted by molar-refractivity contribution is -0.137. The third-order valence-corrected chi connectivity index (χ3v) is 4.41. The second kappa shape index (κ2) is 8.06. The Morgan fingerprint density at radius 3 is 2.45 bits per heavy atom. The minimum Gasteiger partial charge on any atom is -0.477 e. The van der Waals surface area contributed by atoms with Crippen LogP contribution in [0.25, 0.3) is 10.9 Å². The summed E-state index contributed by atoms with van der Waals surface area (Å²) in [6.07, 6.45) is -4.50. The summed E-state index contributed by atoms with van der Waals surface area (Å²) in [6.45, 7) is 3.66. The summed E-state index contributed by atoms with van der Waals surface area (Å²) in [5, 5.41) is 3.14. The van der Waals surface area contributed by atoms with E-state index in [9.17, 15) is 22.4 Å². The van der Waals surface area contributed by atoms with E-state index in [0.29, 0.717) is 16.5 Å². The summed E-state index contributed by atoms with van der Waals surface area (Å²) in [5.41, 5.74) is 0.577. The number of hydrogen-bond donors (Lipinski definition) is 1. The van der Waals surface area contributed by atoms with Crippen molar-refractivity contribution >= 4 is 16.8 Å². The van der Waals surface area contributed by atoms with Crippen molar-refractivity contribution < 1.29 is 27.1 Å². The molecule has 0 radical (unpaired) electrons. The topological polar surface area (TPSA) is 51.2 Å². The van der Waals surface area contributed by atoms with E-state index in [2.05, 4.69) is 10.3 Å². The number of hydrogen-bond acceptors (Lipinski definition) is 3. The van der Waals surface area contributed by atoms with Gasteiger partial charge in [-0.15, -0.1) is 0 Å². The number of aryl methyl sites for hydroxylation is 1. The van der Waals surface area contributed by atoms with Gasteiger partial charge in [-0.05, 0) is 49.2 Å². The zero-order valence-electron chi connectivity index (χ0n) is 15.7. The highest BCUT2D eigenvalue weighted by molar-refractivity contribution is 6.02. The van der Waals surface area contributed by atoms with E-state index in [1.54, 1.807) is 26.0 Å². The van der Waals surface area contributed by atoms with Gasteiger partial charge < -0.3 is 10.1 Å². The second-order valence-corrected chi connectivity index (χ2v) is 6.39. The molecule has 0 atom stereocenters. The maximum Gasteiger partial charge on any atom is 0.416 e. The lowest BCUT2D eigenvalue weighted by Gasteiger charge is -2.16. The molecular weight excluding hydrogens is 388 g/mol. The number of nitrogens with one attached hydrogen (secondary N) is 1. The van der Waals surface area contributed by atoms with Crippen LogP contribution in [0.5, 0.6) is 5.88 Å². The van der Waals surface area contributed by atoms with Crippen LogP contribution in [0.15, 0.2) is 42.5 Å². The molecule has 0 saturated carbocycles. The first-order valence-corrected chi connectivity index (χ1v) is 8.87. The van der Waals surface area contributed by atoms with Gasteiger partial charge in [-0.3, -0.25) is 4.79 Å². The lowest BCUT2D eigenvalue weighted by Crippen LogP contribution is -2.25. The molecule has 1 heterocycles. The fourth-order valence-electron chi connectivity index (χ4n) is 2.96. The zero-order chi connectivity index (χ0) is 21.2. The molecule has 152 valence electrons. The summed E-state index contributed by atoms with van der Waals surface area (Å²) >= 11 is 0. The Hall–Kier alpha value is -3.16. The van der Waals surface area contributed by atoms with Crippen LogP contribution < -0.4 is 10.1 Å². The van der Waals surface area contributed by atoms with Gasteiger partial charge in [-0.25, -0.2) is 9.37 Å². The van der Waals surface area contributed by atoms with E-state index < -0.39 is 17.6 Å². The van der Waals surface area contributed by atoms with Gasteiger partial charge in [0.2, 0.25) is 5.88 Å². The van der Waals surface area contributed by atoms with E-state index >= 15 is 0 Å². The zero-order valence-corrected chi connectivity index (χ0v) is 15.7. The molecule has 0 aliphatic rings. The number of alkyl halides is 3. The summed E-state index contributed by atoms with van der Waals surface area (Å²) in [7, 11) is 0. The molecule has 1 N–H and O–H groups in total. The van der Waals surface area contributed by atoms with Crippen LogP contribution in [-0.4, -0.2) is 17.5 Å². The predicted octanol–water partition coefficient (Wildman–Crippen LogP) is 5.03. The Labute approximate surface area is 164 Å². The number of rotatable bonds is 5. The second-order valence-electron chi connectivity index (χ2n) is 6.39. The highest BCUT2D eigenvalue weighted by Gasteiger charge is 2.31. The molecule has 4 nitrogen and oxygen atoms in total. The summed E-state index contributed by atoms with van der Waals surface area (Å²) in [6, 6.07) is 8.85. The Bertz CT molecular complexity index is 1050. The Balaban J connectivity index is 1.98. The van der Waals surface area contributed by atoms with Crippen molar-refractivity contribution in [2.75, 3.05) is 6.61 Å². The predicted molar refractivity (Wildman–Crippen MR) is 100 cm³/mol. The van der Waals surface area contributed by atoms with E-state index in [1.807, 2.05) is 0 Å². The largest absolute Gasteiger partial charge is 0.477 e. The molecule has 1 amide bonds. The maximum absolute atomic E-state index is 13.0. The number of ether oxygens (including phenoxy) is 1. The van der Waals surface area contributed by atoms with Crippen LogP contribution >= 0.6 is 0 Å². The fraction of sp³-hybridized carbons (Fsp3) is 0.238. The molecule has 2 aromatic carbocycles. The molecule has 3 rings (SSSR count). The van der Waals surface area contributed by atoms with Gasteiger partial charge in [0.15, 0.2) is 0 Å². The molecule has 0 aliphatic carbocycles. The van der Waals surface area contributed by atoms with Gasteiger partial charge in [0.05, 0.1) is 17.7 Å². The van der Waals surface area contributed by atoms with Gasteiger partial charge in [-0.2, -0.15) is 13.2 Å². The van der Waals surface area contributed by atoms with Crippen LogP contribution in [-0.2, 0) is 12.7 Å². The highest BCUT2D eigenvalue weighted by atomic mass is 19.4. The van der Waals surface area contributed by atoms with Gasteiger partial charge in [0.1, 0.15) is 11.4 Å². The minimum atomic E-state index is -4.50. The van der Waals surface area contributed by atoms with Crippen molar-refractivity contribution in [3.8, 4) is 5.88 Å². The van der Waals surface area contributed by atoms with E-state index in [4.69, 9.17) is 4.74 Å². The van der Waals surface area contributed by atoms with Crippen LogP contribution in [0.1, 0.15) is 34.0 Å². The van der Waals surface area contributed by atoms with E-state index in [0.717, 1.165) is 12.1 Å². The number of carbonyl (C=O) groups excluding carboxylic acids is 1. The first kappa shape index (κ1) is 20.6. The number of halogens is 4. The van der Waals surface area contributed by atoms with Gasteiger partial charge in [0.25, 0.3) is 5.91 Å². The molecule has 0 unspecified atom stereocenters. The van der Waals surface area contributed by atoms with Gasteiger partial charge in [-0.1, -0.05) is 18.2 Å². The summed E-state index contributed by atoms with van der Waals surface area (Å²) < 4.78 is 57.5. The highest BCUT2D eigenvalue weighted by Crippen LogP contribution is 2.34. The van der Waals surface area contributed by atoms with Crippen molar-refractivity contribution in [3.05, 3.63) is 70.5 Å². The van der Waals surface area contributed by atoms with Crippen molar-refractivity contribution in [1.29, 1.82) is 0 Å². The molecule has 8 heteroatoms. The van der Waals surface area contributed by atoms with Crippen molar-refractivity contribution in [2.45, 2.75) is 26.6 Å². The molecule has 1 aromatic heterocycles. The molecule has 0 fully saturated rings. The monoisotopic (exact) mass is 406 g/mol. The first-order valence-electron chi connectivity index (χ1n) is 8.87. The van der Waals surface area contributed by atoms with Crippen molar-refractivity contribution in [2.24, 2.45) is 0 Å². The number of benzene rings is 2. The Kier molecular flexibility index (Phi) is 5.72. The normalized spacial score (nSPS) is 11.5. The van der Waals surface area contributed by atoms with Crippen molar-refractivity contribution in [3.63, 3.8) is 0 Å². The average molecular weight is 406 g/mol. The molecular formula is C21H18F4N2O2. The lowest BCUT2D eigenvalue weighted by atomic mass is 10.0. The Morgan fingerprint density at radius 1 is 1.14 bits per heavy atom. The minimum absolute atomic E-state index is 0.0339. The van der Waals surface area contributed by atoms with Gasteiger partial charge in [0, 0.05) is 11.9 Å². The number of carbonyl (C=O) groups is 1. The average Bonchev–Trinajstić information content (AvgIpc) is 2.66. The molecule has 0 aliphatic heterocycles. The molecule has 0 bridgehead atoms. The van der Waals surface area contributed by atoms with Crippen LogP contribution in [0, 0.1) is 12.7 Å². The fourth-order valence-corrected chi connectivity index (χ4v) is 2.96. The first-order chi connectivity index (χ1) is 13.7. The van der Waals surface area contributed by atoms with Crippen molar-refractivity contribution in [1.82, 2.24) is 10.3 Å². The quantitative estimate of drug-likeness (QED) is 0.605. The van der Waals surface area contributed by atoms with E-state index in [-0.39, 0.29) is 35.9 Å².